The third-order valence-corrected chi connectivity index (χ3v) is 2.82. The smallest absolute Gasteiger partial charge is 0.126 e. The minimum Gasteiger partial charge on any atom is -0.328 e. The van der Waals surface area contributed by atoms with E-state index in [1.54, 1.807) is 6.07 Å². The fourth-order valence-electron chi connectivity index (χ4n) is 2.11. The van der Waals surface area contributed by atoms with Crippen LogP contribution in [0.2, 0.25) is 0 Å². The predicted molar refractivity (Wildman–Crippen MR) is 51.0 cm³/mol. The minimum absolute atomic E-state index is 0.0819. The largest absolute Gasteiger partial charge is 0.328 e. The third-order valence-electron chi connectivity index (χ3n) is 2.82. The molecule has 0 bridgehead atoms. The summed E-state index contributed by atoms with van der Waals surface area (Å²) in [5.41, 5.74) is 6.63. The summed E-state index contributed by atoms with van der Waals surface area (Å²) in [6.45, 7) is 0. The highest BCUT2D eigenvalue weighted by Crippen LogP contribution is 2.34. The van der Waals surface area contributed by atoms with Crippen LogP contribution >= 0.6 is 0 Å². The Hall–Kier alpha value is -0.890. The van der Waals surface area contributed by atoms with Crippen molar-refractivity contribution in [3.63, 3.8) is 0 Å². The zero-order valence-corrected chi connectivity index (χ0v) is 7.54. The molecule has 70 valence electrons. The Morgan fingerprint density at radius 1 is 1.23 bits per heavy atom. The van der Waals surface area contributed by atoms with E-state index in [9.17, 15) is 4.39 Å². The van der Waals surface area contributed by atoms with E-state index >= 15 is 0 Å². The second kappa shape index (κ2) is 3.46. The molecule has 2 atom stereocenters. The highest BCUT2D eigenvalue weighted by Gasteiger charge is 2.24. The van der Waals surface area contributed by atoms with Gasteiger partial charge in [0.05, 0.1) is 0 Å². The molecule has 0 heterocycles. The van der Waals surface area contributed by atoms with Gasteiger partial charge in [-0.2, -0.15) is 0 Å². The van der Waals surface area contributed by atoms with Gasteiger partial charge in [0.15, 0.2) is 0 Å². The fourth-order valence-corrected chi connectivity index (χ4v) is 2.11. The molecule has 2 heteroatoms. The number of hydrogen-bond donors (Lipinski definition) is 1. The molecule has 1 nitrogen and oxygen atoms in total. The molecule has 0 amide bonds. The van der Waals surface area contributed by atoms with Crippen molar-refractivity contribution < 1.29 is 4.39 Å². The third kappa shape index (κ3) is 1.73. The lowest BCUT2D eigenvalue weighted by molar-refractivity contribution is 0.576. The summed E-state index contributed by atoms with van der Waals surface area (Å²) in [6, 6.07) is 7.29. The Labute approximate surface area is 77.8 Å². The van der Waals surface area contributed by atoms with Crippen LogP contribution in [0.25, 0.3) is 0 Å². The highest BCUT2D eigenvalue weighted by atomic mass is 19.1. The first-order valence-corrected chi connectivity index (χ1v) is 4.77. The molecular weight excluding hydrogens is 165 g/mol. The summed E-state index contributed by atoms with van der Waals surface area (Å²) >= 11 is 0. The average Bonchev–Trinajstić information content (AvgIpc) is 2.53. The van der Waals surface area contributed by atoms with Gasteiger partial charge < -0.3 is 5.73 Å². The van der Waals surface area contributed by atoms with Crippen LogP contribution in [0.3, 0.4) is 0 Å². The molecule has 0 saturated heterocycles. The first kappa shape index (κ1) is 8.70. The summed E-state index contributed by atoms with van der Waals surface area (Å²) in [7, 11) is 0. The zero-order chi connectivity index (χ0) is 9.26. The molecule has 1 aliphatic carbocycles. The molecule has 1 aromatic rings. The van der Waals surface area contributed by atoms with Crippen molar-refractivity contribution in [2.75, 3.05) is 0 Å². The van der Waals surface area contributed by atoms with E-state index in [0.717, 1.165) is 24.8 Å². The van der Waals surface area contributed by atoms with E-state index in [4.69, 9.17) is 5.73 Å². The quantitative estimate of drug-likeness (QED) is 0.704. The molecule has 13 heavy (non-hydrogen) atoms. The monoisotopic (exact) mass is 179 g/mol. The summed E-state index contributed by atoms with van der Waals surface area (Å²) in [6.07, 6.45) is 2.99. The fraction of sp³-hybridized carbons (Fsp3) is 0.455. The zero-order valence-electron chi connectivity index (χ0n) is 7.54. The number of rotatable bonds is 1. The first-order valence-electron chi connectivity index (χ1n) is 4.77. The molecule has 1 saturated carbocycles. The first-order chi connectivity index (χ1) is 6.27. The van der Waals surface area contributed by atoms with E-state index < -0.39 is 0 Å². The standard InChI is InChI=1S/C11H14FN/c12-11-4-2-1-3-10(11)8-5-6-9(13)7-8/h1-4,8-9H,5-7,13H2/t8-,9?/m1/s1. The number of nitrogens with two attached hydrogens (primary N) is 1. The van der Waals surface area contributed by atoms with E-state index in [1.165, 1.54) is 6.07 Å². The topological polar surface area (TPSA) is 26.0 Å². The van der Waals surface area contributed by atoms with Gasteiger partial charge in [-0.3, -0.25) is 0 Å². The van der Waals surface area contributed by atoms with Crippen LogP contribution in [-0.4, -0.2) is 6.04 Å². The van der Waals surface area contributed by atoms with Crippen molar-refractivity contribution in [3.05, 3.63) is 35.6 Å². The SMILES string of the molecule is NC1CC[C@@H](c2ccccc2F)C1. The molecular formula is C11H14FN. The Morgan fingerprint density at radius 3 is 2.62 bits per heavy atom. The normalized spacial score (nSPS) is 27.8. The van der Waals surface area contributed by atoms with Gasteiger partial charge in [0, 0.05) is 6.04 Å². The van der Waals surface area contributed by atoms with Gasteiger partial charge in [0.2, 0.25) is 0 Å². The molecule has 1 aliphatic rings. The van der Waals surface area contributed by atoms with Crippen molar-refractivity contribution in [3.8, 4) is 0 Å². The lowest BCUT2D eigenvalue weighted by Crippen LogP contribution is -2.14. The van der Waals surface area contributed by atoms with Crippen LogP contribution in [0.4, 0.5) is 4.39 Å². The highest BCUT2D eigenvalue weighted by molar-refractivity contribution is 5.23. The predicted octanol–water partition coefficient (Wildman–Crippen LogP) is 2.42. The lowest BCUT2D eigenvalue weighted by atomic mass is 9.97. The molecule has 1 unspecified atom stereocenters. The van der Waals surface area contributed by atoms with Crippen LogP contribution in [0.1, 0.15) is 30.7 Å². The minimum atomic E-state index is -0.0819. The van der Waals surface area contributed by atoms with E-state index in [2.05, 4.69) is 0 Å². The van der Waals surface area contributed by atoms with Crippen molar-refractivity contribution >= 4 is 0 Å². The molecule has 1 fully saturated rings. The Balaban J connectivity index is 2.21. The average molecular weight is 179 g/mol. The van der Waals surface area contributed by atoms with Crippen molar-refractivity contribution in [2.45, 2.75) is 31.2 Å². The molecule has 0 radical (unpaired) electrons. The van der Waals surface area contributed by atoms with Crippen LogP contribution in [-0.2, 0) is 0 Å². The number of halogens is 1. The number of benzene rings is 1. The Bertz CT molecular complexity index is 298. The van der Waals surface area contributed by atoms with E-state index in [-0.39, 0.29) is 11.9 Å². The second-order valence-corrected chi connectivity index (χ2v) is 3.79. The summed E-state index contributed by atoms with van der Waals surface area (Å²) in [4.78, 5) is 0. The molecule has 2 rings (SSSR count). The Morgan fingerprint density at radius 2 is 2.00 bits per heavy atom. The van der Waals surface area contributed by atoms with Gasteiger partial charge in [0.25, 0.3) is 0 Å². The van der Waals surface area contributed by atoms with E-state index in [0.29, 0.717) is 5.92 Å². The van der Waals surface area contributed by atoms with Gasteiger partial charge in [0.1, 0.15) is 5.82 Å². The lowest BCUT2D eigenvalue weighted by Gasteiger charge is -2.10. The van der Waals surface area contributed by atoms with Crippen molar-refractivity contribution in [1.29, 1.82) is 0 Å². The van der Waals surface area contributed by atoms with Crippen LogP contribution in [0, 0.1) is 5.82 Å². The van der Waals surface area contributed by atoms with E-state index in [1.807, 2.05) is 12.1 Å². The van der Waals surface area contributed by atoms with Crippen LogP contribution < -0.4 is 5.73 Å². The van der Waals surface area contributed by atoms with Crippen LogP contribution in [0.5, 0.6) is 0 Å². The summed E-state index contributed by atoms with van der Waals surface area (Å²) in [5.74, 6) is 0.262. The molecule has 1 aromatic carbocycles. The molecule has 0 aromatic heterocycles. The van der Waals surface area contributed by atoms with Crippen LogP contribution in [0.15, 0.2) is 24.3 Å². The summed E-state index contributed by atoms with van der Waals surface area (Å²) in [5, 5.41) is 0. The molecule has 2 N–H and O–H groups in total. The van der Waals surface area contributed by atoms with Crippen molar-refractivity contribution in [1.82, 2.24) is 0 Å². The maximum Gasteiger partial charge on any atom is 0.126 e. The Kier molecular flexibility index (Phi) is 2.32. The van der Waals surface area contributed by atoms with Gasteiger partial charge >= 0.3 is 0 Å². The maximum atomic E-state index is 13.3. The summed E-state index contributed by atoms with van der Waals surface area (Å²) < 4.78 is 13.3. The second-order valence-electron chi connectivity index (χ2n) is 3.79. The van der Waals surface area contributed by atoms with Gasteiger partial charge in [-0.15, -0.1) is 0 Å². The molecule has 0 spiro atoms. The van der Waals surface area contributed by atoms with Crippen molar-refractivity contribution in [2.24, 2.45) is 5.73 Å². The number of hydrogen-bond acceptors (Lipinski definition) is 1. The molecule has 0 aliphatic heterocycles. The maximum absolute atomic E-state index is 13.3. The van der Waals surface area contributed by atoms with Gasteiger partial charge in [-0.05, 0) is 36.8 Å². The van der Waals surface area contributed by atoms with Gasteiger partial charge in [-0.1, -0.05) is 18.2 Å². The van der Waals surface area contributed by atoms with Gasteiger partial charge in [-0.25, -0.2) is 4.39 Å².